The second-order valence-electron chi connectivity index (χ2n) is 5.65. The molecule has 1 aliphatic carbocycles. The van der Waals surface area contributed by atoms with Gasteiger partial charge in [0.25, 0.3) is 0 Å². The van der Waals surface area contributed by atoms with Crippen LogP contribution in [0.1, 0.15) is 20.7 Å². The molecule has 0 bridgehead atoms. The summed E-state index contributed by atoms with van der Waals surface area (Å²) in [7, 11) is 0. The lowest BCUT2D eigenvalue weighted by Crippen LogP contribution is -2.41. The molecule has 0 fully saturated rings. The molecule has 118 valence electrons. The van der Waals surface area contributed by atoms with E-state index in [9.17, 15) is 29.7 Å². The van der Waals surface area contributed by atoms with Gasteiger partial charge in [0.05, 0.1) is 10.9 Å². The molecule has 1 unspecified atom stereocenters. The number of phenols is 2. The number of aliphatic hydroxyl groups is 1. The predicted octanol–water partition coefficient (Wildman–Crippen LogP) is 1.71. The number of fused-ring (bicyclic) bond motifs is 3. The van der Waals surface area contributed by atoms with Gasteiger partial charge in [0, 0.05) is 10.9 Å². The molecule has 1 aliphatic rings. The fraction of sp³-hybridized carbons (Fsp3) is 0.0556. The molecule has 3 N–H and O–H groups in total. The third-order valence-corrected chi connectivity index (χ3v) is 4.31. The van der Waals surface area contributed by atoms with Crippen LogP contribution in [0.4, 0.5) is 0 Å². The van der Waals surface area contributed by atoms with E-state index in [1.165, 1.54) is 6.07 Å². The molecule has 0 saturated heterocycles. The Morgan fingerprint density at radius 3 is 2.29 bits per heavy atom. The third kappa shape index (κ3) is 1.65. The molecule has 0 aliphatic heterocycles. The molecule has 0 spiro atoms. The molecular weight excluding hydrogens is 312 g/mol. The van der Waals surface area contributed by atoms with E-state index in [2.05, 4.69) is 0 Å². The van der Waals surface area contributed by atoms with Crippen molar-refractivity contribution in [2.24, 2.45) is 0 Å². The highest BCUT2D eigenvalue weighted by Gasteiger charge is 2.41. The van der Waals surface area contributed by atoms with Gasteiger partial charge in [-0.3, -0.25) is 14.4 Å². The summed E-state index contributed by atoms with van der Waals surface area (Å²) in [5.74, 6) is -4.18. The van der Waals surface area contributed by atoms with Crippen molar-refractivity contribution in [1.82, 2.24) is 0 Å². The lowest BCUT2D eigenvalue weighted by atomic mass is 9.83. The first-order valence-electron chi connectivity index (χ1n) is 7.13. The molecule has 6 nitrogen and oxygen atoms in total. The van der Waals surface area contributed by atoms with Gasteiger partial charge >= 0.3 is 0 Å². The number of ketones is 3. The van der Waals surface area contributed by atoms with E-state index in [1.54, 1.807) is 30.3 Å². The molecule has 0 radical (unpaired) electrons. The number of phenolic OH excluding ortho intramolecular Hbond substituents is 2. The number of rotatable bonds is 0. The summed E-state index contributed by atoms with van der Waals surface area (Å²) in [5, 5.41) is 32.0. The van der Waals surface area contributed by atoms with E-state index < -0.39 is 34.8 Å². The van der Waals surface area contributed by atoms with Crippen LogP contribution in [0.2, 0.25) is 0 Å². The van der Waals surface area contributed by atoms with E-state index in [4.69, 9.17) is 0 Å². The van der Waals surface area contributed by atoms with Crippen LogP contribution < -0.4 is 0 Å². The molecule has 24 heavy (non-hydrogen) atoms. The molecule has 1 atom stereocenters. The first kappa shape index (κ1) is 14.3. The Balaban J connectivity index is 2.20. The number of carbonyl (C=O) groups excluding carboxylic acids is 3. The molecule has 0 aromatic heterocycles. The Morgan fingerprint density at radius 2 is 1.54 bits per heavy atom. The van der Waals surface area contributed by atoms with Crippen LogP contribution in [-0.4, -0.2) is 38.8 Å². The van der Waals surface area contributed by atoms with Crippen LogP contribution >= 0.6 is 0 Å². The summed E-state index contributed by atoms with van der Waals surface area (Å²) in [6.07, 6.45) is -2.13. The van der Waals surface area contributed by atoms with Crippen molar-refractivity contribution in [3.63, 3.8) is 0 Å². The van der Waals surface area contributed by atoms with E-state index in [0.29, 0.717) is 16.2 Å². The van der Waals surface area contributed by atoms with Gasteiger partial charge in [-0.05, 0) is 22.9 Å². The average molecular weight is 322 g/mol. The van der Waals surface area contributed by atoms with Crippen molar-refractivity contribution >= 4 is 38.9 Å². The maximum Gasteiger partial charge on any atom is 0.239 e. The van der Waals surface area contributed by atoms with Gasteiger partial charge in [0.2, 0.25) is 17.3 Å². The number of benzene rings is 3. The minimum Gasteiger partial charge on any atom is -0.507 e. The predicted molar refractivity (Wildman–Crippen MR) is 84.5 cm³/mol. The quantitative estimate of drug-likeness (QED) is 0.330. The normalized spacial score (nSPS) is 17.5. The number of hydrogen-bond acceptors (Lipinski definition) is 6. The van der Waals surface area contributed by atoms with Gasteiger partial charge < -0.3 is 15.3 Å². The second kappa shape index (κ2) is 4.62. The smallest absolute Gasteiger partial charge is 0.239 e. The lowest BCUT2D eigenvalue weighted by Gasteiger charge is -2.20. The van der Waals surface area contributed by atoms with E-state index in [1.807, 2.05) is 0 Å². The highest BCUT2D eigenvalue weighted by Crippen LogP contribution is 2.43. The fourth-order valence-electron chi connectivity index (χ4n) is 3.13. The number of aliphatic hydroxyl groups excluding tert-OH is 1. The van der Waals surface area contributed by atoms with Crippen molar-refractivity contribution in [1.29, 1.82) is 0 Å². The largest absolute Gasteiger partial charge is 0.507 e. The lowest BCUT2D eigenvalue weighted by molar-refractivity contribution is -0.120. The van der Waals surface area contributed by atoms with E-state index in [0.717, 1.165) is 0 Å². The van der Waals surface area contributed by atoms with Crippen molar-refractivity contribution in [3.05, 3.63) is 47.5 Å². The standard InChI is InChI=1S/C18H10O6/c19-13-9-4-2-1-3-7(9)5-8-6-10-12(15(21)11(8)13)16(22)18(24)17(23)14(10)20/h1-6,18-19,21,24H. The molecule has 0 heterocycles. The van der Waals surface area contributed by atoms with Gasteiger partial charge in [0.15, 0.2) is 6.10 Å². The molecule has 0 amide bonds. The summed E-state index contributed by atoms with van der Waals surface area (Å²) in [6, 6.07) is 9.78. The highest BCUT2D eigenvalue weighted by molar-refractivity contribution is 6.53. The summed E-state index contributed by atoms with van der Waals surface area (Å²) in [6.45, 7) is 0. The fourth-order valence-corrected chi connectivity index (χ4v) is 3.13. The Hall–Kier alpha value is -3.25. The van der Waals surface area contributed by atoms with Gasteiger partial charge in [0.1, 0.15) is 11.5 Å². The Morgan fingerprint density at radius 1 is 0.833 bits per heavy atom. The van der Waals surface area contributed by atoms with Gasteiger partial charge in [-0.15, -0.1) is 0 Å². The van der Waals surface area contributed by atoms with Crippen LogP contribution in [0, 0.1) is 0 Å². The van der Waals surface area contributed by atoms with Gasteiger partial charge in [-0.1, -0.05) is 24.3 Å². The van der Waals surface area contributed by atoms with Crippen molar-refractivity contribution in [2.75, 3.05) is 0 Å². The Labute approximate surface area is 134 Å². The monoisotopic (exact) mass is 322 g/mol. The zero-order chi connectivity index (χ0) is 17.2. The molecule has 4 rings (SSSR count). The number of aromatic hydroxyl groups is 2. The first-order valence-corrected chi connectivity index (χ1v) is 7.13. The highest BCUT2D eigenvalue weighted by atomic mass is 16.3. The third-order valence-electron chi connectivity index (χ3n) is 4.31. The van der Waals surface area contributed by atoms with Crippen molar-refractivity contribution < 1.29 is 29.7 Å². The summed E-state index contributed by atoms with van der Waals surface area (Å²) in [4.78, 5) is 35.9. The Bertz CT molecular complexity index is 1100. The van der Waals surface area contributed by atoms with Crippen LogP contribution in [0.3, 0.4) is 0 Å². The van der Waals surface area contributed by atoms with Crippen LogP contribution in [0.25, 0.3) is 21.5 Å². The minimum absolute atomic E-state index is 0.00449. The van der Waals surface area contributed by atoms with E-state index in [-0.39, 0.29) is 16.7 Å². The topological polar surface area (TPSA) is 112 Å². The van der Waals surface area contributed by atoms with Crippen molar-refractivity contribution in [2.45, 2.75) is 6.10 Å². The van der Waals surface area contributed by atoms with Crippen LogP contribution in [-0.2, 0) is 4.79 Å². The minimum atomic E-state index is -2.13. The molecule has 6 heteroatoms. The van der Waals surface area contributed by atoms with E-state index >= 15 is 0 Å². The number of carbonyl (C=O) groups is 3. The summed E-state index contributed by atoms with van der Waals surface area (Å²) < 4.78 is 0. The zero-order valence-corrected chi connectivity index (χ0v) is 12.1. The van der Waals surface area contributed by atoms with Crippen molar-refractivity contribution in [3.8, 4) is 11.5 Å². The maximum atomic E-state index is 12.1. The molecule has 3 aromatic carbocycles. The second-order valence-corrected chi connectivity index (χ2v) is 5.65. The maximum absolute atomic E-state index is 12.1. The number of Topliss-reactive ketones (excluding diaryl/α,β-unsaturated/α-hetero) is 3. The first-order chi connectivity index (χ1) is 11.4. The number of hydrogen-bond donors (Lipinski definition) is 3. The SMILES string of the molecule is O=C1C(=O)C(O)C(=O)c2c1cc1cc3ccccc3c(O)c1c2O. The summed E-state index contributed by atoms with van der Waals surface area (Å²) in [5.41, 5.74) is -0.708. The van der Waals surface area contributed by atoms with Gasteiger partial charge in [-0.2, -0.15) is 0 Å². The molecule has 0 saturated carbocycles. The summed E-state index contributed by atoms with van der Waals surface area (Å²) >= 11 is 0. The Kier molecular flexibility index (Phi) is 2.76. The van der Waals surface area contributed by atoms with Crippen LogP contribution in [0.5, 0.6) is 11.5 Å². The molecular formula is C18H10O6. The average Bonchev–Trinajstić information content (AvgIpc) is 2.57. The molecule has 3 aromatic rings. The zero-order valence-electron chi connectivity index (χ0n) is 12.1. The van der Waals surface area contributed by atoms with Crippen LogP contribution in [0.15, 0.2) is 36.4 Å². The van der Waals surface area contributed by atoms with Gasteiger partial charge in [-0.25, -0.2) is 0 Å².